The maximum Gasteiger partial charge on any atom is 0.223 e. The van der Waals surface area contributed by atoms with E-state index in [1.807, 2.05) is 0 Å². The van der Waals surface area contributed by atoms with E-state index in [-0.39, 0.29) is 11.9 Å². The van der Waals surface area contributed by atoms with E-state index in [1.165, 1.54) is 0 Å². The maximum atomic E-state index is 5.81. The van der Waals surface area contributed by atoms with Gasteiger partial charge in [0.2, 0.25) is 11.9 Å². The third-order valence-corrected chi connectivity index (χ3v) is 3.73. The van der Waals surface area contributed by atoms with Crippen LogP contribution < -0.4 is 22.1 Å². The van der Waals surface area contributed by atoms with Gasteiger partial charge in [-0.3, -0.25) is 0 Å². The fraction of sp³-hybridized carbons (Fsp3) is 0.500. The normalized spacial score (nSPS) is 10.8. The minimum absolute atomic E-state index is 0.142. The predicted molar refractivity (Wildman–Crippen MR) is 111 cm³/mol. The lowest BCUT2D eigenvalue weighted by atomic mass is 10.4. The summed E-state index contributed by atoms with van der Waals surface area (Å²) in [6.07, 6.45) is 1.63. The summed E-state index contributed by atoms with van der Waals surface area (Å²) in [6.45, 7) is 3.69. The smallest absolute Gasteiger partial charge is 0.223 e. The van der Waals surface area contributed by atoms with Crippen LogP contribution in [0.2, 0.25) is 10.3 Å². The Labute approximate surface area is 173 Å². The van der Waals surface area contributed by atoms with Gasteiger partial charge in [0, 0.05) is 38.4 Å². The third-order valence-electron chi connectivity index (χ3n) is 3.34. The molecular weight excluding hydrogens is 407 g/mol. The Morgan fingerprint density at radius 1 is 0.714 bits per heavy atom. The standard InChI is InChI=1S/C16H24Cl2N8O2/c17-11-9-13(25-15(19)23-11)21-3-1-5-27-7-8-28-6-2-4-22-14-10-12(18)24-16(20)26-14/h9-10H,1-8H2,(H3,19,21,23,25)(H3,20,22,24,26). The largest absolute Gasteiger partial charge is 0.379 e. The van der Waals surface area contributed by atoms with Crippen molar-refractivity contribution in [3.05, 3.63) is 22.4 Å². The van der Waals surface area contributed by atoms with E-state index in [1.54, 1.807) is 12.1 Å². The lowest BCUT2D eigenvalue weighted by Gasteiger charge is -2.08. The van der Waals surface area contributed by atoms with E-state index < -0.39 is 0 Å². The van der Waals surface area contributed by atoms with Crippen LogP contribution in [0.15, 0.2) is 12.1 Å². The van der Waals surface area contributed by atoms with Crippen molar-refractivity contribution in [2.75, 3.05) is 61.6 Å². The second-order valence-electron chi connectivity index (χ2n) is 5.65. The summed E-state index contributed by atoms with van der Waals surface area (Å²) < 4.78 is 11.0. The zero-order chi connectivity index (χ0) is 20.2. The molecule has 28 heavy (non-hydrogen) atoms. The van der Waals surface area contributed by atoms with Crippen LogP contribution in [0.3, 0.4) is 0 Å². The molecule has 2 rings (SSSR count). The number of rotatable bonds is 13. The number of anilines is 4. The van der Waals surface area contributed by atoms with Crippen molar-refractivity contribution in [1.82, 2.24) is 19.9 Å². The highest BCUT2D eigenvalue weighted by Crippen LogP contribution is 2.13. The lowest BCUT2D eigenvalue weighted by molar-refractivity contribution is 0.0476. The first-order valence-corrected chi connectivity index (χ1v) is 9.52. The second kappa shape index (κ2) is 12.3. The summed E-state index contributed by atoms with van der Waals surface area (Å²) in [7, 11) is 0. The molecule has 154 valence electrons. The predicted octanol–water partition coefficient (Wildman–Crippen LogP) is 2.08. The van der Waals surface area contributed by atoms with Crippen LogP contribution in [0.1, 0.15) is 12.8 Å². The van der Waals surface area contributed by atoms with E-state index in [0.29, 0.717) is 61.5 Å². The molecule has 10 nitrogen and oxygen atoms in total. The Hall–Kier alpha value is -2.14. The number of hydrogen-bond donors (Lipinski definition) is 4. The Morgan fingerprint density at radius 3 is 1.54 bits per heavy atom. The van der Waals surface area contributed by atoms with E-state index in [0.717, 1.165) is 12.8 Å². The molecule has 0 atom stereocenters. The second-order valence-corrected chi connectivity index (χ2v) is 6.43. The van der Waals surface area contributed by atoms with E-state index in [2.05, 4.69) is 30.6 Å². The van der Waals surface area contributed by atoms with Gasteiger partial charge in [0.1, 0.15) is 21.9 Å². The fourth-order valence-corrected chi connectivity index (χ4v) is 2.53. The molecule has 0 aliphatic heterocycles. The first kappa shape index (κ1) is 22.2. The average molecular weight is 431 g/mol. The van der Waals surface area contributed by atoms with Crippen LogP contribution in [0.4, 0.5) is 23.5 Å². The third kappa shape index (κ3) is 9.18. The summed E-state index contributed by atoms with van der Waals surface area (Å²) in [5.41, 5.74) is 11.0. The van der Waals surface area contributed by atoms with Gasteiger partial charge in [0.05, 0.1) is 13.2 Å². The zero-order valence-electron chi connectivity index (χ0n) is 15.3. The van der Waals surface area contributed by atoms with Crippen LogP contribution in [0.5, 0.6) is 0 Å². The fourth-order valence-electron chi connectivity index (χ4n) is 2.15. The summed E-state index contributed by atoms with van der Waals surface area (Å²) in [6, 6.07) is 3.24. The van der Waals surface area contributed by atoms with Crippen molar-refractivity contribution in [2.45, 2.75) is 12.8 Å². The average Bonchev–Trinajstić information content (AvgIpc) is 2.61. The highest BCUT2D eigenvalue weighted by atomic mass is 35.5. The number of nitrogens with two attached hydrogens (primary N) is 2. The minimum atomic E-state index is 0.142. The number of nitrogens with zero attached hydrogens (tertiary/aromatic N) is 4. The van der Waals surface area contributed by atoms with Crippen molar-refractivity contribution in [2.24, 2.45) is 0 Å². The quantitative estimate of drug-likeness (QED) is 0.275. The van der Waals surface area contributed by atoms with Crippen LogP contribution in [-0.4, -0.2) is 59.5 Å². The molecule has 0 saturated carbocycles. The molecule has 0 aliphatic carbocycles. The van der Waals surface area contributed by atoms with Gasteiger partial charge in [-0.15, -0.1) is 0 Å². The monoisotopic (exact) mass is 430 g/mol. The number of aromatic nitrogens is 4. The Morgan fingerprint density at radius 2 is 1.14 bits per heavy atom. The highest BCUT2D eigenvalue weighted by Gasteiger charge is 2.01. The Kier molecular flexibility index (Phi) is 9.77. The molecule has 0 saturated heterocycles. The molecule has 2 aromatic heterocycles. The number of hydrogen-bond acceptors (Lipinski definition) is 10. The Bertz CT molecular complexity index is 636. The van der Waals surface area contributed by atoms with Crippen LogP contribution >= 0.6 is 23.2 Å². The number of halogens is 2. The van der Waals surface area contributed by atoms with E-state index >= 15 is 0 Å². The molecule has 2 heterocycles. The molecule has 0 unspecified atom stereocenters. The summed E-state index contributed by atoms with van der Waals surface area (Å²) >= 11 is 11.6. The van der Waals surface area contributed by atoms with Crippen molar-refractivity contribution < 1.29 is 9.47 Å². The van der Waals surface area contributed by atoms with Crippen LogP contribution in [0.25, 0.3) is 0 Å². The lowest BCUT2D eigenvalue weighted by Crippen LogP contribution is -2.12. The summed E-state index contributed by atoms with van der Waals surface area (Å²) in [4.78, 5) is 15.7. The topological polar surface area (TPSA) is 146 Å². The zero-order valence-corrected chi connectivity index (χ0v) is 16.8. The molecule has 0 amide bonds. The highest BCUT2D eigenvalue weighted by molar-refractivity contribution is 6.30. The van der Waals surface area contributed by atoms with E-state index in [4.69, 9.17) is 44.1 Å². The van der Waals surface area contributed by atoms with E-state index in [9.17, 15) is 0 Å². The first-order chi connectivity index (χ1) is 13.5. The molecule has 12 heteroatoms. The summed E-state index contributed by atoms with van der Waals surface area (Å²) in [5, 5.41) is 6.84. The molecule has 2 aromatic rings. The molecular formula is C16H24Cl2N8O2. The maximum absolute atomic E-state index is 5.81. The van der Waals surface area contributed by atoms with Gasteiger partial charge in [0.25, 0.3) is 0 Å². The van der Waals surface area contributed by atoms with Crippen LogP contribution in [0, 0.1) is 0 Å². The number of nitrogen functional groups attached to an aromatic ring is 2. The van der Waals surface area contributed by atoms with Crippen molar-refractivity contribution in [3.63, 3.8) is 0 Å². The summed E-state index contributed by atoms with van der Waals surface area (Å²) in [5.74, 6) is 1.48. The molecule has 0 spiro atoms. The first-order valence-electron chi connectivity index (χ1n) is 8.76. The molecule has 6 N–H and O–H groups in total. The van der Waals surface area contributed by atoms with Gasteiger partial charge in [-0.2, -0.15) is 9.97 Å². The van der Waals surface area contributed by atoms with Crippen molar-refractivity contribution in [3.8, 4) is 0 Å². The van der Waals surface area contributed by atoms with Crippen molar-refractivity contribution >= 4 is 46.7 Å². The molecule has 0 aromatic carbocycles. The van der Waals surface area contributed by atoms with Gasteiger partial charge in [0.15, 0.2) is 0 Å². The number of ether oxygens (including phenoxy) is 2. The molecule has 0 fully saturated rings. The van der Waals surface area contributed by atoms with Crippen molar-refractivity contribution in [1.29, 1.82) is 0 Å². The Balaban J connectivity index is 1.40. The SMILES string of the molecule is Nc1nc(Cl)cc(NCCCOCCOCCCNc2cc(Cl)nc(N)n2)n1. The minimum Gasteiger partial charge on any atom is -0.379 e. The van der Waals surface area contributed by atoms with Gasteiger partial charge in [-0.1, -0.05) is 23.2 Å². The molecule has 0 bridgehead atoms. The van der Waals surface area contributed by atoms with Gasteiger partial charge in [-0.25, -0.2) is 9.97 Å². The number of nitrogens with one attached hydrogen (secondary N) is 2. The van der Waals surface area contributed by atoms with Crippen LogP contribution in [-0.2, 0) is 9.47 Å². The molecule has 0 aliphatic rings. The molecule has 0 radical (unpaired) electrons. The van der Waals surface area contributed by atoms with Gasteiger partial charge < -0.3 is 31.6 Å². The van der Waals surface area contributed by atoms with Gasteiger partial charge in [-0.05, 0) is 12.8 Å². The van der Waals surface area contributed by atoms with Gasteiger partial charge >= 0.3 is 0 Å².